The fraction of sp³-hybridized carbons (Fsp3) is 0.261. The van der Waals surface area contributed by atoms with Crippen molar-refractivity contribution in [2.24, 2.45) is 5.73 Å². The van der Waals surface area contributed by atoms with Gasteiger partial charge in [0.05, 0.1) is 12.1 Å². The van der Waals surface area contributed by atoms with Crippen LogP contribution in [0.25, 0.3) is 0 Å². The molecule has 1 heterocycles. The summed E-state index contributed by atoms with van der Waals surface area (Å²) in [7, 11) is 0. The number of fused-ring (bicyclic) bond motifs is 1. The highest BCUT2D eigenvalue weighted by molar-refractivity contribution is 7.99. The number of carboxylic acids is 1. The summed E-state index contributed by atoms with van der Waals surface area (Å²) in [6, 6.07) is 13.1. The Balaban J connectivity index is 1.69. The van der Waals surface area contributed by atoms with Gasteiger partial charge in [0.25, 0.3) is 5.91 Å². The maximum atomic E-state index is 13.3. The van der Waals surface area contributed by atoms with Crippen LogP contribution < -0.4 is 21.3 Å². The lowest BCUT2D eigenvalue weighted by molar-refractivity contribution is -0.139. The first-order valence-corrected chi connectivity index (χ1v) is 11.5. The van der Waals surface area contributed by atoms with Crippen molar-refractivity contribution in [3.05, 3.63) is 59.7 Å². The Morgan fingerprint density at radius 3 is 2.47 bits per heavy atom. The Bertz CT molecular complexity index is 1110. The van der Waals surface area contributed by atoms with Crippen LogP contribution in [0, 0.1) is 5.41 Å². The van der Waals surface area contributed by atoms with Gasteiger partial charge in [-0.05, 0) is 17.7 Å². The van der Waals surface area contributed by atoms with Crippen molar-refractivity contribution in [1.29, 1.82) is 5.41 Å². The van der Waals surface area contributed by atoms with E-state index in [1.165, 1.54) is 16.7 Å². The number of carbonyl (C=O) groups is 4. The van der Waals surface area contributed by atoms with Crippen LogP contribution in [0.4, 0.5) is 5.69 Å². The van der Waals surface area contributed by atoms with Gasteiger partial charge >= 0.3 is 5.97 Å². The van der Waals surface area contributed by atoms with Crippen molar-refractivity contribution in [1.82, 2.24) is 10.6 Å². The molecular formula is C23H25N5O5S. The number of para-hydroxylation sites is 1. The van der Waals surface area contributed by atoms with Crippen molar-refractivity contribution < 1.29 is 24.3 Å². The number of nitrogens with zero attached hydrogens (tertiary/aromatic N) is 1. The van der Waals surface area contributed by atoms with Gasteiger partial charge in [-0.1, -0.05) is 36.4 Å². The number of benzene rings is 2. The molecule has 1 atom stereocenters. The van der Waals surface area contributed by atoms with Crippen LogP contribution in [0.1, 0.15) is 24.0 Å². The maximum Gasteiger partial charge on any atom is 0.303 e. The summed E-state index contributed by atoms with van der Waals surface area (Å²) in [6.45, 7) is -0.0196. The number of nitrogens with one attached hydrogen (secondary N) is 3. The van der Waals surface area contributed by atoms with Gasteiger partial charge < -0.3 is 26.4 Å². The average molecular weight is 484 g/mol. The van der Waals surface area contributed by atoms with Gasteiger partial charge in [0.15, 0.2) is 0 Å². The molecule has 6 N–H and O–H groups in total. The fourth-order valence-corrected chi connectivity index (χ4v) is 4.38. The van der Waals surface area contributed by atoms with E-state index in [9.17, 15) is 19.2 Å². The lowest BCUT2D eigenvalue weighted by Gasteiger charge is -2.25. The molecule has 2 aromatic carbocycles. The van der Waals surface area contributed by atoms with Gasteiger partial charge in [0.1, 0.15) is 18.4 Å². The number of nitrogens with two attached hydrogens (primary N) is 1. The third kappa shape index (κ3) is 6.58. The molecule has 34 heavy (non-hydrogen) atoms. The molecule has 1 aliphatic heterocycles. The third-order valence-electron chi connectivity index (χ3n) is 5.08. The van der Waals surface area contributed by atoms with Gasteiger partial charge in [0.2, 0.25) is 11.8 Å². The number of amides is 3. The molecule has 178 valence electrons. The van der Waals surface area contributed by atoms with E-state index in [4.69, 9.17) is 16.2 Å². The highest BCUT2D eigenvalue weighted by atomic mass is 32.2. The number of hydrogen-bond acceptors (Lipinski definition) is 6. The molecule has 0 saturated heterocycles. The summed E-state index contributed by atoms with van der Waals surface area (Å²) in [5.41, 5.74) is 7.40. The topological polar surface area (TPSA) is 166 Å². The first-order valence-electron chi connectivity index (χ1n) is 10.5. The summed E-state index contributed by atoms with van der Waals surface area (Å²) in [6.07, 6.45) is -0.570. The zero-order valence-electron chi connectivity index (χ0n) is 18.2. The second kappa shape index (κ2) is 11.3. The van der Waals surface area contributed by atoms with E-state index >= 15 is 0 Å². The zero-order chi connectivity index (χ0) is 24.7. The molecular weight excluding hydrogens is 458 g/mol. The number of thioether (sulfide) groups is 1. The molecule has 0 radical (unpaired) electrons. The van der Waals surface area contributed by atoms with Crippen molar-refractivity contribution in [3.63, 3.8) is 0 Å². The number of amidine groups is 1. The summed E-state index contributed by atoms with van der Waals surface area (Å²) in [5, 5.41) is 21.6. The van der Waals surface area contributed by atoms with E-state index in [1.54, 1.807) is 36.4 Å². The summed E-state index contributed by atoms with van der Waals surface area (Å²) in [4.78, 5) is 51.0. The Hall–Kier alpha value is -3.86. The van der Waals surface area contributed by atoms with Crippen LogP contribution in [-0.4, -0.2) is 53.0 Å². The molecule has 0 saturated carbocycles. The highest BCUT2D eigenvalue weighted by Crippen LogP contribution is 2.34. The van der Waals surface area contributed by atoms with Gasteiger partial charge in [-0.3, -0.25) is 24.6 Å². The van der Waals surface area contributed by atoms with E-state index in [0.29, 0.717) is 11.3 Å². The van der Waals surface area contributed by atoms with Gasteiger partial charge in [-0.25, -0.2) is 0 Å². The third-order valence-corrected chi connectivity index (χ3v) is 6.24. The summed E-state index contributed by atoms with van der Waals surface area (Å²) in [5.74, 6) is -2.25. The molecule has 10 nitrogen and oxygen atoms in total. The largest absolute Gasteiger partial charge is 0.481 e. The lowest BCUT2D eigenvalue weighted by atomic mass is 10.1. The Morgan fingerprint density at radius 2 is 1.79 bits per heavy atom. The molecule has 0 spiro atoms. The molecule has 0 bridgehead atoms. The average Bonchev–Trinajstić information content (AvgIpc) is 2.94. The van der Waals surface area contributed by atoms with Gasteiger partial charge in [-0.2, -0.15) is 0 Å². The van der Waals surface area contributed by atoms with E-state index in [-0.39, 0.29) is 43.4 Å². The quantitative estimate of drug-likeness (QED) is 0.263. The van der Waals surface area contributed by atoms with Crippen LogP contribution in [0.15, 0.2) is 53.4 Å². The minimum atomic E-state index is -1.10. The molecule has 0 aromatic heterocycles. The molecule has 0 aliphatic carbocycles. The van der Waals surface area contributed by atoms with Crippen LogP contribution in [-0.2, 0) is 25.7 Å². The first-order chi connectivity index (χ1) is 16.2. The summed E-state index contributed by atoms with van der Waals surface area (Å²) >= 11 is 1.38. The van der Waals surface area contributed by atoms with E-state index in [0.717, 1.165) is 10.5 Å². The van der Waals surface area contributed by atoms with E-state index in [1.807, 2.05) is 12.1 Å². The highest BCUT2D eigenvalue weighted by Gasteiger charge is 2.32. The van der Waals surface area contributed by atoms with Crippen LogP contribution in [0.2, 0.25) is 0 Å². The molecule has 2 aromatic rings. The van der Waals surface area contributed by atoms with Crippen molar-refractivity contribution in [3.8, 4) is 0 Å². The molecule has 11 heteroatoms. The van der Waals surface area contributed by atoms with Crippen LogP contribution >= 0.6 is 11.8 Å². The molecule has 1 aliphatic rings. The van der Waals surface area contributed by atoms with Gasteiger partial charge in [-0.15, -0.1) is 11.8 Å². The second-order valence-electron chi connectivity index (χ2n) is 7.60. The molecule has 0 fully saturated rings. The van der Waals surface area contributed by atoms with Crippen LogP contribution in [0.5, 0.6) is 0 Å². The van der Waals surface area contributed by atoms with Crippen molar-refractivity contribution >= 4 is 47.0 Å². The van der Waals surface area contributed by atoms with Gasteiger partial charge in [0, 0.05) is 29.2 Å². The minimum absolute atomic E-state index is 0.0450. The zero-order valence-corrected chi connectivity index (χ0v) is 19.1. The number of rotatable bonds is 9. The predicted octanol–water partition coefficient (Wildman–Crippen LogP) is 1.08. The number of carboxylic acid groups (broad SMARTS) is 1. The monoisotopic (exact) mass is 483 g/mol. The number of aliphatic carboxylic acids is 1. The smallest absolute Gasteiger partial charge is 0.303 e. The number of nitrogen functional groups attached to an aromatic ring is 1. The fourth-order valence-electron chi connectivity index (χ4n) is 3.31. The Morgan fingerprint density at radius 1 is 1.09 bits per heavy atom. The molecule has 3 rings (SSSR count). The van der Waals surface area contributed by atoms with Crippen LogP contribution in [0.3, 0.4) is 0 Å². The van der Waals surface area contributed by atoms with E-state index in [2.05, 4.69) is 10.6 Å². The first kappa shape index (κ1) is 24.8. The SMILES string of the molecule is N=C(N)c1ccc(CNC(=O)CN2C(=O)[C@@H](NC(=O)CCC(=O)O)CSc3ccccc32)cc1. The minimum Gasteiger partial charge on any atom is -0.481 e. The van der Waals surface area contributed by atoms with Crippen molar-refractivity contribution in [2.75, 3.05) is 17.2 Å². The number of carbonyl (C=O) groups excluding carboxylic acids is 3. The maximum absolute atomic E-state index is 13.3. The lowest BCUT2D eigenvalue weighted by Crippen LogP contribution is -2.51. The summed E-state index contributed by atoms with van der Waals surface area (Å²) < 4.78 is 0. The Kier molecular flexibility index (Phi) is 8.25. The molecule has 0 unspecified atom stereocenters. The number of hydrogen-bond donors (Lipinski definition) is 5. The van der Waals surface area contributed by atoms with Crippen molar-refractivity contribution in [2.45, 2.75) is 30.3 Å². The molecule has 3 amide bonds. The predicted molar refractivity (Wildman–Crippen MR) is 128 cm³/mol. The van der Waals surface area contributed by atoms with E-state index < -0.39 is 23.8 Å². The normalized spacial score (nSPS) is 15.1. The standard InChI is InChI=1S/C23H25N5O5S/c24-22(25)15-7-5-14(6-8-15)11-26-20(30)12-28-17-3-1-2-4-18(17)34-13-16(23(28)33)27-19(29)9-10-21(31)32/h1-8,16H,9-13H2,(H3,24,25)(H,26,30)(H,27,29)(H,31,32)/t16-/m0/s1. The second-order valence-corrected chi connectivity index (χ2v) is 8.67. The number of anilines is 1. The Labute approximate surface area is 200 Å².